The third-order valence-electron chi connectivity index (χ3n) is 0.939. The second kappa shape index (κ2) is 3.51. The molecule has 1 nitrogen and oxygen atoms in total. The summed E-state index contributed by atoms with van der Waals surface area (Å²) in [5, 5.41) is 0. The molecule has 0 spiro atoms. The van der Waals surface area contributed by atoms with E-state index in [2.05, 4.69) is 19.8 Å². The van der Waals surface area contributed by atoms with Crippen molar-refractivity contribution >= 4 is 0 Å². The molecule has 8 heavy (non-hydrogen) atoms. The average Bonchev–Trinajstić information content (AvgIpc) is 1.65. The molecule has 0 aromatic heterocycles. The quantitative estimate of drug-likeness (QED) is 0.528. The van der Waals surface area contributed by atoms with Gasteiger partial charge in [-0.2, -0.15) is 0 Å². The standard InChI is InChI=1S/C7H13N/c1-4-7(8)5-6(2)3/h1,6-7H,5,8H2,2-3H3/t7-/m0/s1. The molecular formula is C7H13N. The summed E-state index contributed by atoms with van der Waals surface area (Å²) in [4.78, 5) is 0. The summed E-state index contributed by atoms with van der Waals surface area (Å²) in [6.45, 7) is 4.22. The minimum atomic E-state index is -0.0463. The van der Waals surface area contributed by atoms with Crippen LogP contribution in [0.1, 0.15) is 20.3 Å². The molecule has 2 N–H and O–H groups in total. The molecule has 0 aliphatic carbocycles. The molecule has 0 saturated heterocycles. The molecular weight excluding hydrogens is 98.1 g/mol. The Hall–Kier alpha value is -0.480. The molecule has 0 amide bonds. The number of hydrogen-bond donors (Lipinski definition) is 1. The third-order valence-corrected chi connectivity index (χ3v) is 0.939. The molecule has 0 aliphatic rings. The second-order valence-corrected chi connectivity index (χ2v) is 2.40. The van der Waals surface area contributed by atoms with Gasteiger partial charge >= 0.3 is 0 Å². The van der Waals surface area contributed by atoms with Crippen molar-refractivity contribution in [3.8, 4) is 12.3 Å². The van der Waals surface area contributed by atoms with E-state index in [1.165, 1.54) is 0 Å². The lowest BCUT2D eigenvalue weighted by Crippen LogP contribution is -2.19. The largest absolute Gasteiger partial charge is 0.318 e. The predicted octanol–water partition coefficient (Wildman–Crippen LogP) is 0.993. The summed E-state index contributed by atoms with van der Waals surface area (Å²) in [6, 6.07) is -0.0463. The van der Waals surface area contributed by atoms with Crippen LogP contribution in [-0.2, 0) is 0 Å². The van der Waals surface area contributed by atoms with Gasteiger partial charge in [-0.05, 0) is 12.3 Å². The molecule has 0 radical (unpaired) electrons. The fourth-order valence-corrected chi connectivity index (χ4v) is 0.576. The first kappa shape index (κ1) is 7.52. The summed E-state index contributed by atoms with van der Waals surface area (Å²) in [6.07, 6.45) is 5.97. The maximum Gasteiger partial charge on any atom is 0.0664 e. The van der Waals surface area contributed by atoms with Crippen molar-refractivity contribution in [2.75, 3.05) is 0 Å². The van der Waals surface area contributed by atoms with Crippen molar-refractivity contribution in [1.29, 1.82) is 0 Å². The minimum absolute atomic E-state index is 0.0463. The van der Waals surface area contributed by atoms with Gasteiger partial charge in [-0.1, -0.05) is 19.8 Å². The van der Waals surface area contributed by atoms with E-state index in [-0.39, 0.29) is 6.04 Å². The van der Waals surface area contributed by atoms with Crippen LogP contribution in [0.2, 0.25) is 0 Å². The molecule has 0 aliphatic heterocycles. The zero-order valence-corrected chi connectivity index (χ0v) is 5.52. The van der Waals surface area contributed by atoms with E-state index in [1.807, 2.05) is 0 Å². The zero-order valence-electron chi connectivity index (χ0n) is 5.52. The van der Waals surface area contributed by atoms with Gasteiger partial charge in [0.15, 0.2) is 0 Å². The first-order valence-corrected chi connectivity index (χ1v) is 2.88. The monoisotopic (exact) mass is 111 g/mol. The van der Waals surface area contributed by atoms with Crippen LogP contribution < -0.4 is 5.73 Å². The summed E-state index contributed by atoms with van der Waals surface area (Å²) >= 11 is 0. The van der Waals surface area contributed by atoms with Crippen molar-refractivity contribution in [2.45, 2.75) is 26.3 Å². The summed E-state index contributed by atoms with van der Waals surface area (Å²) < 4.78 is 0. The lowest BCUT2D eigenvalue weighted by molar-refractivity contribution is 0.554. The number of nitrogens with two attached hydrogens (primary N) is 1. The van der Waals surface area contributed by atoms with Gasteiger partial charge in [0.1, 0.15) is 0 Å². The highest BCUT2D eigenvalue weighted by Crippen LogP contribution is 2.00. The Labute approximate surface area is 51.3 Å². The first-order chi connectivity index (χ1) is 3.66. The molecule has 0 saturated carbocycles. The van der Waals surface area contributed by atoms with E-state index in [4.69, 9.17) is 12.2 Å². The predicted molar refractivity (Wildman–Crippen MR) is 36.3 cm³/mol. The Bertz CT molecular complexity index is 89.1. The number of hydrogen-bond acceptors (Lipinski definition) is 1. The van der Waals surface area contributed by atoms with E-state index in [1.54, 1.807) is 0 Å². The zero-order chi connectivity index (χ0) is 6.57. The van der Waals surface area contributed by atoms with Crippen LogP contribution in [0.3, 0.4) is 0 Å². The van der Waals surface area contributed by atoms with E-state index in [9.17, 15) is 0 Å². The van der Waals surface area contributed by atoms with Crippen molar-refractivity contribution in [1.82, 2.24) is 0 Å². The van der Waals surface area contributed by atoms with Gasteiger partial charge in [-0.3, -0.25) is 0 Å². The highest BCUT2D eigenvalue weighted by Gasteiger charge is 1.98. The van der Waals surface area contributed by atoms with Gasteiger partial charge in [0.05, 0.1) is 6.04 Å². The maximum atomic E-state index is 5.44. The van der Waals surface area contributed by atoms with Crippen LogP contribution in [0, 0.1) is 18.3 Å². The average molecular weight is 111 g/mol. The Balaban J connectivity index is 3.28. The Morgan fingerprint density at radius 2 is 2.12 bits per heavy atom. The van der Waals surface area contributed by atoms with Crippen molar-refractivity contribution in [3.63, 3.8) is 0 Å². The SMILES string of the molecule is C#C[C@H](N)CC(C)C. The molecule has 0 fully saturated rings. The number of terminal acetylenes is 1. The topological polar surface area (TPSA) is 26.0 Å². The van der Waals surface area contributed by atoms with Gasteiger partial charge in [0.2, 0.25) is 0 Å². The van der Waals surface area contributed by atoms with Crippen LogP contribution in [0.4, 0.5) is 0 Å². The van der Waals surface area contributed by atoms with Crippen LogP contribution in [0.5, 0.6) is 0 Å². The Kier molecular flexibility index (Phi) is 3.30. The molecule has 0 unspecified atom stereocenters. The van der Waals surface area contributed by atoms with Crippen molar-refractivity contribution < 1.29 is 0 Å². The lowest BCUT2D eigenvalue weighted by atomic mass is 10.1. The first-order valence-electron chi connectivity index (χ1n) is 2.88. The van der Waals surface area contributed by atoms with Crippen LogP contribution >= 0.6 is 0 Å². The highest BCUT2D eigenvalue weighted by molar-refractivity contribution is 4.96. The van der Waals surface area contributed by atoms with E-state index >= 15 is 0 Å². The van der Waals surface area contributed by atoms with Gasteiger partial charge < -0.3 is 5.73 Å². The molecule has 0 rings (SSSR count). The smallest absolute Gasteiger partial charge is 0.0664 e. The molecule has 0 heterocycles. The van der Waals surface area contributed by atoms with Crippen molar-refractivity contribution in [2.24, 2.45) is 11.7 Å². The molecule has 0 aromatic carbocycles. The fraction of sp³-hybridized carbons (Fsp3) is 0.714. The van der Waals surface area contributed by atoms with E-state index in [0.29, 0.717) is 5.92 Å². The summed E-state index contributed by atoms with van der Waals surface area (Å²) in [7, 11) is 0. The Morgan fingerprint density at radius 3 is 2.25 bits per heavy atom. The van der Waals surface area contributed by atoms with Crippen molar-refractivity contribution in [3.05, 3.63) is 0 Å². The molecule has 0 bridgehead atoms. The highest BCUT2D eigenvalue weighted by atomic mass is 14.6. The second-order valence-electron chi connectivity index (χ2n) is 2.40. The van der Waals surface area contributed by atoms with Gasteiger partial charge in [-0.15, -0.1) is 6.42 Å². The van der Waals surface area contributed by atoms with Crippen LogP contribution in [-0.4, -0.2) is 6.04 Å². The van der Waals surface area contributed by atoms with Gasteiger partial charge in [0, 0.05) is 0 Å². The van der Waals surface area contributed by atoms with Crippen LogP contribution in [0.25, 0.3) is 0 Å². The van der Waals surface area contributed by atoms with Gasteiger partial charge in [-0.25, -0.2) is 0 Å². The number of rotatable bonds is 2. The minimum Gasteiger partial charge on any atom is -0.318 e. The Morgan fingerprint density at radius 1 is 1.62 bits per heavy atom. The third kappa shape index (κ3) is 3.70. The molecule has 46 valence electrons. The maximum absolute atomic E-state index is 5.44. The fourth-order valence-electron chi connectivity index (χ4n) is 0.576. The molecule has 1 atom stereocenters. The van der Waals surface area contributed by atoms with E-state index in [0.717, 1.165) is 6.42 Å². The van der Waals surface area contributed by atoms with E-state index < -0.39 is 0 Å². The lowest BCUT2D eigenvalue weighted by Gasteiger charge is -2.05. The normalized spacial score (nSPS) is 13.4. The summed E-state index contributed by atoms with van der Waals surface area (Å²) in [5.41, 5.74) is 5.44. The van der Waals surface area contributed by atoms with Gasteiger partial charge in [0.25, 0.3) is 0 Å². The molecule has 1 heteroatoms. The van der Waals surface area contributed by atoms with Crippen LogP contribution in [0.15, 0.2) is 0 Å². The molecule has 0 aromatic rings. The summed E-state index contributed by atoms with van der Waals surface area (Å²) in [5.74, 6) is 3.09.